The first-order chi connectivity index (χ1) is 8.08. The van der Waals surface area contributed by atoms with Crippen molar-refractivity contribution in [3.63, 3.8) is 0 Å². The topological polar surface area (TPSA) is 38.9 Å². The van der Waals surface area contributed by atoms with Gasteiger partial charge in [0.05, 0.1) is 5.02 Å². The first-order valence-corrected chi connectivity index (χ1v) is 7.21. The molecule has 2 nitrogen and oxygen atoms in total. The maximum absolute atomic E-state index is 6.21. The summed E-state index contributed by atoms with van der Waals surface area (Å²) in [4.78, 5) is 5.17. The third-order valence-electron chi connectivity index (χ3n) is 2.48. The van der Waals surface area contributed by atoms with Crippen molar-refractivity contribution in [1.29, 1.82) is 0 Å². The first-order valence-electron chi connectivity index (χ1n) is 5.16. The SMILES string of the molecule is Cc1csc(C(N)Cc2cncc(Br)c2)c1Cl. The normalized spacial score (nSPS) is 12.7. The molecule has 5 heteroatoms. The van der Waals surface area contributed by atoms with Gasteiger partial charge in [0.15, 0.2) is 0 Å². The fourth-order valence-corrected chi connectivity index (χ4v) is 3.36. The van der Waals surface area contributed by atoms with Crippen LogP contribution < -0.4 is 5.73 Å². The summed E-state index contributed by atoms with van der Waals surface area (Å²) in [7, 11) is 0. The third-order valence-corrected chi connectivity index (χ3v) is 4.76. The second-order valence-corrected chi connectivity index (χ2v) is 6.12. The maximum Gasteiger partial charge on any atom is 0.0590 e. The van der Waals surface area contributed by atoms with Crippen molar-refractivity contribution in [2.75, 3.05) is 0 Å². The van der Waals surface area contributed by atoms with E-state index in [2.05, 4.69) is 20.9 Å². The van der Waals surface area contributed by atoms with Crippen molar-refractivity contribution in [2.24, 2.45) is 5.73 Å². The lowest BCUT2D eigenvalue weighted by Gasteiger charge is -2.10. The molecule has 2 aromatic heterocycles. The molecule has 0 aromatic carbocycles. The maximum atomic E-state index is 6.21. The zero-order valence-electron chi connectivity index (χ0n) is 9.28. The van der Waals surface area contributed by atoms with Gasteiger partial charge < -0.3 is 5.73 Å². The Bertz CT molecular complexity index is 527. The number of pyridine rings is 1. The second-order valence-electron chi connectivity index (χ2n) is 3.92. The van der Waals surface area contributed by atoms with Gasteiger partial charge in [0.2, 0.25) is 0 Å². The molecule has 2 N–H and O–H groups in total. The highest BCUT2D eigenvalue weighted by Gasteiger charge is 2.14. The van der Waals surface area contributed by atoms with E-state index >= 15 is 0 Å². The molecule has 0 bridgehead atoms. The van der Waals surface area contributed by atoms with Crippen LogP contribution in [-0.4, -0.2) is 4.98 Å². The zero-order chi connectivity index (χ0) is 12.4. The third kappa shape index (κ3) is 3.07. The van der Waals surface area contributed by atoms with Crippen LogP contribution in [0.15, 0.2) is 28.3 Å². The predicted octanol–water partition coefficient (Wildman–Crippen LogP) is 4.11. The van der Waals surface area contributed by atoms with Crippen LogP contribution in [-0.2, 0) is 6.42 Å². The van der Waals surface area contributed by atoms with Gasteiger partial charge in [0.25, 0.3) is 0 Å². The monoisotopic (exact) mass is 330 g/mol. The number of hydrogen-bond donors (Lipinski definition) is 1. The quantitative estimate of drug-likeness (QED) is 0.919. The Balaban J connectivity index is 2.17. The lowest BCUT2D eigenvalue weighted by molar-refractivity contribution is 0.733. The lowest BCUT2D eigenvalue weighted by atomic mass is 10.1. The highest BCUT2D eigenvalue weighted by Crippen LogP contribution is 2.32. The van der Waals surface area contributed by atoms with E-state index in [0.29, 0.717) is 0 Å². The number of rotatable bonds is 3. The minimum atomic E-state index is -0.0719. The molecule has 1 unspecified atom stereocenters. The van der Waals surface area contributed by atoms with E-state index in [4.69, 9.17) is 17.3 Å². The molecule has 0 fully saturated rings. The van der Waals surface area contributed by atoms with Crippen LogP contribution in [0.4, 0.5) is 0 Å². The minimum absolute atomic E-state index is 0.0719. The van der Waals surface area contributed by atoms with E-state index < -0.39 is 0 Å². The minimum Gasteiger partial charge on any atom is -0.323 e. The van der Waals surface area contributed by atoms with Crippen LogP contribution in [0.1, 0.15) is 22.0 Å². The summed E-state index contributed by atoms with van der Waals surface area (Å²) in [6.07, 6.45) is 4.34. The van der Waals surface area contributed by atoms with Gasteiger partial charge in [0.1, 0.15) is 0 Å². The van der Waals surface area contributed by atoms with Crippen LogP contribution in [0.2, 0.25) is 5.02 Å². The highest BCUT2D eigenvalue weighted by molar-refractivity contribution is 9.10. The first kappa shape index (κ1) is 13.0. The second kappa shape index (κ2) is 5.48. The molecule has 0 radical (unpaired) electrons. The molecule has 0 aliphatic rings. The van der Waals surface area contributed by atoms with Crippen LogP contribution in [0.3, 0.4) is 0 Å². The summed E-state index contributed by atoms with van der Waals surface area (Å²) in [6, 6.07) is 1.96. The number of aromatic nitrogens is 1. The molecule has 0 amide bonds. The van der Waals surface area contributed by atoms with E-state index in [-0.39, 0.29) is 6.04 Å². The van der Waals surface area contributed by atoms with Crippen molar-refractivity contribution in [1.82, 2.24) is 4.98 Å². The molecule has 17 heavy (non-hydrogen) atoms. The lowest BCUT2D eigenvalue weighted by Crippen LogP contribution is -2.12. The van der Waals surface area contributed by atoms with Crippen molar-refractivity contribution in [3.05, 3.63) is 49.3 Å². The van der Waals surface area contributed by atoms with Crippen molar-refractivity contribution >= 4 is 38.9 Å². The molecule has 2 rings (SSSR count). The van der Waals surface area contributed by atoms with E-state index in [1.54, 1.807) is 17.5 Å². The summed E-state index contributed by atoms with van der Waals surface area (Å²) in [5.41, 5.74) is 8.37. The van der Waals surface area contributed by atoms with Gasteiger partial charge in [-0.25, -0.2) is 0 Å². The molecule has 1 atom stereocenters. The fourth-order valence-electron chi connectivity index (χ4n) is 1.61. The number of hydrogen-bond acceptors (Lipinski definition) is 3. The number of nitrogens with zero attached hydrogens (tertiary/aromatic N) is 1. The van der Waals surface area contributed by atoms with Gasteiger partial charge in [-0.2, -0.15) is 0 Å². The smallest absolute Gasteiger partial charge is 0.0590 e. The summed E-state index contributed by atoms with van der Waals surface area (Å²) in [5.74, 6) is 0. The molecule has 0 aliphatic carbocycles. The van der Waals surface area contributed by atoms with Gasteiger partial charge in [-0.05, 0) is 51.8 Å². The predicted molar refractivity (Wildman–Crippen MR) is 76.6 cm³/mol. The number of aryl methyl sites for hydroxylation is 1. The van der Waals surface area contributed by atoms with Crippen LogP contribution in [0, 0.1) is 6.92 Å². The molecule has 90 valence electrons. The largest absolute Gasteiger partial charge is 0.323 e. The zero-order valence-corrected chi connectivity index (χ0v) is 12.4. The van der Waals surface area contributed by atoms with Gasteiger partial charge in [-0.1, -0.05) is 11.6 Å². The van der Waals surface area contributed by atoms with Gasteiger partial charge in [0, 0.05) is 27.8 Å². The van der Waals surface area contributed by atoms with E-state index in [9.17, 15) is 0 Å². The highest BCUT2D eigenvalue weighted by atomic mass is 79.9. The molecule has 0 spiro atoms. The Hall–Kier alpha value is -0.420. The number of halogens is 2. The van der Waals surface area contributed by atoms with E-state index in [1.165, 1.54) is 0 Å². The van der Waals surface area contributed by atoms with Crippen molar-refractivity contribution < 1.29 is 0 Å². The van der Waals surface area contributed by atoms with Gasteiger partial charge in [-0.15, -0.1) is 11.3 Å². The molecule has 2 aromatic rings. The molecular weight excluding hydrogens is 320 g/mol. The fraction of sp³-hybridized carbons (Fsp3) is 0.250. The van der Waals surface area contributed by atoms with Gasteiger partial charge >= 0.3 is 0 Å². The Morgan fingerprint density at radius 2 is 2.29 bits per heavy atom. The number of nitrogens with two attached hydrogens (primary N) is 1. The van der Waals surface area contributed by atoms with Crippen molar-refractivity contribution in [2.45, 2.75) is 19.4 Å². The Labute approximate surface area is 118 Å². The van der Waals surface area contributed by atoms with E-state index in [0.717, 1.165) is 31.9 Å². The molecular formula is C12H12BrClN2S. The Morgan fingerprint density at radius 3 is 2.88 bits per heavy atom. The average molecular weight is 332 g/mol. The van der Waals surface area contributed by atoms with Crippen molar-refractivity contribution in [3.8, 4) is 0 Å². The molecule has 2 heterocycles. The summed E-state index contributed by atoms with van der Waals surface area (Å²) in [6.45, 7) is 2.00. The Morgan fingerprint density at radius 1 is 1.53 bits per heavy atom. The Kier molecular flexibility index (Phi) is 4.20. The van der Waals surface area contributed by atoms with Crippen LogP contribution in [0.25, 0.3) is 0 Å². The number of thiophene rings is 1. The summed E-state index contributed by atoms with van der Waals surface area (Å²) < 4.78 is 0.968. The standard InChI is InChI=1S/C12H12BrClN2S/c1-7-6-17-12(11(7)14)10(15)3-8-2-9(13)5-16-4-8/h2,4-6,10H,3,15H2,1H3. The average Bonchev–Trinajstić information content (AvgIpc) is 2.60. The summed E-state index contributed by atoms with van der Waals surface area (Å²) in [5, 5.41) is 2.84. The van der Waals surface area contributed by atoms with Gasteiger partial charge in [-0.3, -0.25) is 4.98 Å². The molecule has 0 saturated heterocycles. The molecule has 0 aliphatic heterocycles. The molecule has 0 saturated carbocycles. The summed E-state index contributed by atoms with van der Waals surface area (Å²) >= 11 is 11.2. The van der Waals surface area contributed by atoms with E-state index in [1.807, 2.05) is 24.6 Å². The van der Waals surface area contributed by atoms with Crippen LogP contribution >= 0.6 is 38.9 Å². The van der Waals surface area contributed by atoms with Crippen LogP contribution in [0.5, 0.6) is 0 Å².